The van der Waals surface area contributed by atoms with E-state index in [1.54, 1.807) is 0 Å². The van der Waals surface area contributed by atoms with Crippen LogP contribution in [-0.2, 0) is 9.19 Å². The van der Waals surface area contributed by atoms with E-state index in [0.29, 0.717) is 0 Å². The molecule has 1 heterocycles. The molecule has 0 radical (unpaired) electrons. The maximum absolute atomic E-state index is 10.2. The van der Waals surface area contributed by atoms with Crippen LogP contribution in [0.2, 0.25) is 0 Å². The molecule has 0 saturated carbocycles. The number of nitrogens with zero attached hydrogens (tertiary/aromatic N) is 2. The third kappa shape index (κ3) is 3.29. The van der Waals surface area contributed by atoms with Crippen LogP contribution < -0.4 is 0 Å². The van der Waals surface area contributed by atoms with E-state index in [-0.39, 0.29) is 6.67 Å². The summed E-state index contributed by atoms with van der Waals surface area (Å²) in [4.78, 5) is 20.4. The third-order valence-corrected chi connectivity index (χ3v) is 1.30. The van der Waals surface area contributed by atoms with Gasteiger partial charge in [0.1, 0.15) is 6.67 Å². The minimum absolute atomic E-state index is 0.0988. The van der Waals surface area contributed by atoms with Gasteiger partial charge in [0.15, 0.2) is 0 Å². The number of allylic oxidation sites excluding steroid dienone is 1. The van der Waals surface area contributed by atoms with Crippen molar-refractivity contribution in [2.75, 3.05) is 6.67 Å². The Morgan fingerprint density at radius 3 is 2.82 bits per heavy atom. The number of hydroxylamine groups is 2. The molecule has 1 aliphatic heterocycles. The van der Waals surface area contributed by atoms with E-state index in [9.17, 15) is 4.57 Å². The summed E-state index contributed by atoms with van der Waals surface area (Å²) in [6.45, 7) is 0.0988. The molecule has 0 aliphatic carbocycles. The molecule has 0 aromatic rings. The van der Waals surface area contributed by atoms with Gasteiger partial charge in [0.2, 0.25) is 0 Å². The van der Waals surface area contributed by atoms with Crippen molar-refractivity contribution in [2.24, 2.45) is 4.99 Å². The van der Waals surface area contributed by atoms with E-state index >= 15 is 0 Å². The molecule has 0 unspecified atom stereocenters. The summed E-state index contributed by atoms with van der Waals surface area (Å²) in [6.07, 6.45) is 4.41. The summed E-state index contributed by atoms with van der Waals surface area (Å²) in [5, 5.41) is 0.959. The van der Waals surface area contributed by atoms with Gasteiger partial charge in [-0.15, -0.1) is 0 Å². The predicted molar refractivity (Wildman–Crippen MR) is 37.5 cm³/mol. The van der Waals surface area contributed by atoms with Crippen molar-refractivity contribution in [3.8, 4) is 0 Å². The number of hydrogen-bond acceptors (Lipinski definition) is 4. The first-order valence-electron chi connectivity index (χ1n) is 2.76. The lowest BCUT2D eigenvalue weighted by Gasteiger charge is -2.18. The second kappa shape index (κ2) is 3.15. The SMILES string of the molecule is O=P(O)(O)ON1C=CC=NC1. The van der Waals surface area contributed by atoms with Crippen molar-refractivity contribution >= 4 is 14.0 Å². The highest BCUT2D eigenvalue weighted by molar-refractivity contribution is 7.46. The van der Waals surface area contributed by atoms with E-state index in [0.717, 1.165) is 5.06 Å². The molecule has 0 bridgehead atoms. The van der Waals surface area contributed by atoms with Crippen LogP contribution in [0, 0.1) is 0 Å². The van der Waals surface area contributed by atoms with Crippen LogP contribution in [0.3, 0.4) is 0 Å². The van der Waals surface area contributed by atoms with Gasteiger partial charge in [-0.1, -0.05) is 0 Å². The van der Waals surface area contributed by atoms with Gasteiger partial charge in [-0.05, 0) is 6.08 Å². The van der Waals surface area contributed by atoms with E-state index in [1.807, 2.05) is 0 Å². The summed E-state index contributed by atoms with van der Waals surface area (Å²) < 4.78 is 14.4. The molecule has 62 valence electrons. The molecule has 0 amide bonds. The molecule has 0 fully saturated rings. The summed E-state index contributed by atoms with van der Waals surface area (Å²) in [7, 11) is -4.43. The summed E-state index contributed by atoms with van der Waals surface area (Å²) in [5.74, 6) is 0. The van der Waals surface area contributed by atoms with Crippen LogP contribution in [0.5, 0.6) is 0 Å². The highest BCUT2D eigenvalue weighted by Crippen LogP contribution is 2.37. The number of aliphatic imine (C=N–C) groups is 1. The Morgan fingerprint density at radius 2 is 2.36 bits per heavy atom. The summed E-state index contributed by atoms with van der Waals surface area (Å²) in [5.41, 5.74) is 0. The Hall–Kier alpha value is -0.680. The fourth-order valence-electron chi connectivity index (χ4n) is 0.560. The molecule has 0 aromatic heterocycles. The smallest absolute Gasteiger partial charge is 0.301 e. The molecule has 2 N–H and O–H groups in total. The molecule has 6 nitrogen and oxygen atoms in total. The van der Waals surface area contributed by atoms with Gasteiger partial charge in [0.25, 0.3) is 0 Å². The van der Waals surface area contributed by atoms with Crippen LogP contribution in [0.25, 0.3) is 0 Å². The average Bonchev–Trinajstić information content (AvgIpc) is 1.85. The standard InChI is InChI=1S/C4H7N2O4P/c7-11(8,9)10-6-3-1-2-5-4-6/h1-3H,4H2,(H2,7,8,9). The van der Waals surface area contributed by atoms with Crippen molar-refractivity contribution in [2.45, 2.75) is 0 Å². The molecular formula is C4H7N2O4P. The molecular weight excluding hydrogens is 171 g/mol. The van der Waals surface area contributed by atoms with Crippen molar-refractivity contribution in [3.05, 3.63) is 12.3 Å². The molecule has 1 aliphatic rings. The van der Waals surface area contributed by atoms with Crippen molar-refractivity contribution in [3.63, 3.8) is 0 Å². The van der Waals surface area contributed by atoms with E-state index in [2.05, 4.69) is 9.62 Å². The quantitative estimate of drug-likeness (QED) is 0.575. The maximum Gasteiger partial charge on any atom is 0.491 e. The molecule has 0 saturated heterocycles. The van der Waals surface area contributed by atoms with Gasteiger partial charge in [-0.25, -0.2) is 9.63 Å². The first-order valence-corrected chi connectivity index (χ1v) is 4.29. The monoisotopic (exact) mass is 178 g/mol. The van der Waals surface area contributed by atoms with Gasteiger partial charge in [0.05, 0.1) is 0 Å². The molecule has 0 spiro atoms. The number of hydrogen-bond donors (Lipinski definition) is 2. The van der Waals surface area contributed by atoms with Gasteiger partial charge < -0.3 is 9.79 Å². The first-order chi connectivity index (χ1) is 5.08. The fourth-order valence-corrected chi connectivity index (χ4v) is 0.939. The molecule has 0 atom stereocenters. The zero-order valence-corrected chi connectivity index (χ0v) is 6.39. The molecule has 11 heavy (non-hydrogen) atoms. The van der Waals surface area contributed by atoms with E-state index in [1.165, 1.54) is 18.5 Å². The number of phosphoric acid groups is 1. The third-order valence-electron chi connectivity index (χ3n) is 0.876. The lowest BCUT2D eigenvalue weighted by Crippen LogP contribution is -2.18. The predicted octanol–water partition coefficient (Wildman–Crippen LogP) is -0.132. The topological polar surface area (TPSA) is 82.4 Å². The van der Waals surface area contributed by atoms with Crippen molar-refractivity contribution in [1.82, 2.24) is 5.06 Å². The van der Waals surface area contributed by atoms with Crippen LogP contribution in [0.4, 0.5) is 0 Å². The molecule has 0 aromatic carbocycles. The zero-order valence-electron chi connectivity index (χ0n) is 5.49. The van der Waals surface area contributed by atoms with Gasteiger partial charge >= 0.3 is 7.82 Å². The second-order valence-electron chi connectivity index (χ2n) is 1.80. The largest absolute Gasteiger partial charge is 0.491 e. The van der Waals surface area contributed by atoms with Crippen LogP contribution in [-0.4, -0.2) is 27.7 Å². The van der Waals surface area contributed by atoms with Crippen LogP contribution in [0.1, 0.15) is 0 Å². The molecule has 1 rings (SSSR count). The Morgan fingerprint density at radius 1 is 1.64 bits per heavy atom. The Labute approximate surface area is 63.0 Å². The van der Waals surface area contributed by atoms with Gasteiger partial charge in [-0.3, -0.25) is 4.99 Å². The first kappa shape index (κ1) is 8.42. The lowest BCUT2D eigenvalue weighted by molar-refractivity contribution is -0.0342. The van der Waals surface area contributed by atoms with Crippen LogP contribution >= 0.6 is 7.82 Å². The lowest BCUT2D eigenvalue weighted by atomic mass is 10.6. The second-order valence-corrected chi connectivity index (χ2v) is 2.95. The maximum atomic E-state index is 10.2. The fraction of sp³-hybridized carbons (Fsp3) is 0.250. The molecule has 7 heteroatoms. The van der Waals surface area contributed by atoms with Crippen molar-refractivity contribution in [1.29, 1.82) is 0 Å². The highest BCUT2D eigenvalue weighted by Gasteiger charge is 2.18. The van der Waals surface area contributed by atoms with E-state index in [4.69, 9.17) is 9.79 Å². The van der Waals surface area contributed by atoms with Crippen molar-refractivity contribution < 1.29 is 19.0 Å². The van der Waals surface area contributed by atoms with Gasteiger partial charge in [0, 0.05) is 12.4 Å². The Bertz CT molecular complexity index is 232. The zero-order chi connectivity index (χ0) is 8.32. The average molecular weight is 178 g/mol. The van der Waals surface area contributed by atoms with Gasteiger partial charge in [-0.2, -0.15) is 4.62 Å². The minimum atomic E-state index is -4.43. The minimum Gasteiger partial charge on any atom is -0.301 e. The highest BCUT2D eigenvalue weighted by atomic mass is 31.2. The van der Waals surface area contributed by atoms with E-state index < -0.39 is 7.82 Å². The summed E-state index contributed by atoms with van der Waals surface area (Å²) >= 11 is 0. The van der Waals surface area contributed by atoms with Crippen LogP contribution in [0.15, 0.2) is 17.3 Å². The Kier molecular flexibility index (Phi) is 2.41. The number of rotatable bonds is 2. The summed E-state index contributed by atoms with van der Waals surface area (Å²) in [6, 6.07) is 0. The Balaban J connectivity index is 2.46. The normalized spacial score (nSPS) is 17.5.